The molecule has 0 saturated carbocycles. The van der Waals surface area contributed by atoms with Crippen molar-refractivity contribution in [3.63, 3.8) is 0 Å². The first-order valence-electron chi connectivity index (χ1n) is 5.96. The van der Waals surface area contributed by atoms with Crippen LogP contribution in [0.15, 0.2) is 30.3 Å². The first kappa shape index (κ1) is 14.9. The van der Waals surface area contributed by atoms with Crippen molar-refractivity contribution in [3.8, 4) is 0 Å². The zero-order valence-electron chi connectivity index (χ0n) is 10.6. The average Bonchev–Trinajstić information content (AvgIpc) is 2.37. The van der Waals surface area contributed by atoms with E-state index in [2.05, 4.69) is 0 Å². The van der Waals surface area contributed by atoms with Gasteiger partial charge in [-0.1, -0.05) is 17.7 Å². The highest BCUT2D eigenvalue weighted by Gasteiger charge is 2.17. The molecule has 0 radical (unpaired) electrons. The average molecular weight is 301 g/mol. The van der Waals surface area contributed by atoms with Crippen molar-refractivity contribution in [3.05, 3.63) is 69.5 Å². The van der Waals surface area contributed by atoms with Gasteiger partial charge in [0.05, 0.1) is 6.10 Å². The van der Waals surface area contributed by atoms with Crippen LogP contribution in [-0.4, -0.2) is 5.11 Å². The second-order valence-corrected chi connectivity index (χ2v) is 4.99. The Labute approximate surface area is 119 Å². The Hall–Kier alpha value is -1.52. The van der Waals surface area contributed by atoms with Gasteiger partial charge in [-0.15, -0.1) is 0 Å². The Balaban J connectivity index is 2.28. The molecule has 0 saturated heterocycles. The number of aliphatic hydroxyl groups excluding tert-OH is 1. The van der Waals surface area contributed by atoms with E-state index in [-0.39, 0.29) is 22.6 Å². The molecule has 0 aliphatic carbocycles. The SMILES string of the molecule is Cc1cc(C(O)Cc2ccc(F)cc2Cl)c(F)cc1F. The second kappa shape index (κ2) is 5.85. The van der Waals surface area contributed by atoms with Crippen LogP contribution in [0, 0.1) is 24.4 Å². The zero-order valence-corrected chi connectivity index (χ0v) is 11.4. The van der Waals surface area contributed by atoms with E-state index in [1.165, 1.54) is 25.1 Å². The Bertz CT molecular complexity index is 643. The van der Waals surface area contributed by atoms with Gasteiger partial charge in [-0.25, -0.2) is 13.2 Å². The van der Waals surface area contributed by atoms with Crippen molar-refractivity contribution < 1.29 is 18.3 Å². The van der Waals surface area contributed by atoms with Crippen LogP contribution in [-0.2, 0) is 6.42 Å². The molecule has 5 heteroatoms. The molecule has 2 aromatic carbocycles. The Morgan fingerprint density at radius 3 is 2.45 bits per heavy atom. The number of hydrogen-bond acceptors (Lipinski definition) is 1. The lowest BCUT2D eigenvalue weighted by Crippen LogP contribution is -2.06. The Morgan fingerprint density at radius 2 is 1.80 bits per heavy atom. The molecule has 2 aromatic rings. The molecule has 0 heterocycles. The van der Waals surface area contributed by atoms with E-state index in [1.54, 1.807) is 0 Å². The highest BCUT2D eigenvalue weighted by Crippen LogP contribution is 2.27. The topological polar surface area (TPSA) is 20.2 Å². The maximum atomic E-state index is 13.7. The maximum Gasteiger partial charge on any atom is 0.131 e. The fraction of sp³-hybridized carbons (Fsp3) is 0.200. The molecule has 20 heavy (non-hydrogen) atoms. The molecule has 0 aliphatic rings. The van der Waals surface area contributed by atoms with E-state index in [0.717, 1.165) is 12.1 Å². The number of hydrogen-bond donors (Lipinski definition) is 1. The minimum absolute atomic E-state index is 0.00992. The summed E-state index contributed by atoms with van der Waals surface area (Å²) in [6.45, 7) is 1.48. The summed E-state index contributed by atoms with van der Waals surface area (Å²) < 4.78 is 39.7. The summed E-state index contributed by atoms with van der Waals surface area (Å²) in [7, 11) is 0. The van der Waals surface area contributed by atoms with Gasteiger partial charge in [0.25, 0.3) is 0 Å². The summed E-state index contributed by atoms with van der Waals surface area (Å²) in [6.07, 6.45) is -1.17. The fourth-order valence-electron chi connectivity index (χ4n) is 1.94. The van der Waals surface area contributed by atoms with Crippen molar-refractivity contribution >= 4 is 11.6 Å². The smallest absolute Gasteiger partial charge is 0.131 e. The molecule has 0 spiro atoms. The summed E-state index contributed by atoms with van der Waals surface area (Å²) >= 11 is 5.85. The first-order chi connectivity index (χ1) is 9.38. The van der Waals surface area contributed by atoms with Crippen molar-refractivity contribution in [2.75, 3.05) is 0 Å². The molecule has 0 aliphatic heterocycles. The van der Waals surface area contributed by atoms with Gasteiger partial charge in [-0.05, 0) is 36.2 Å². The molecule has 0 fully saturated rings. The molecular weight excluding hydrogens is 289 g/mol. The van der Waals surface area contributed by atoms with Gasteiger partial charge in [0, 0.05) is 23.1 Å². The van der Waals surface area contributed by atoms with Crippen molar-refractivity contribution in [2.24, 2.45) is 0 Å². The summed E-state index contributed by atoms with van der Waals surface area (Å²) in [4.78, 5) is 0. The molecular formula is C15H12ClF3O. The van der Waals surface area contributed by atoms with E-state index < -0.39 is 23.6 Å². The summed E-state index contributed by atoms with van der Waals surface area (Å²) in [5, 5.41) is 10.2. The third-order valence-corrected chi connectivity index (χ3v) is 3.42. The van der Waals surface area contributed by atoms with E-state index in [0.29, 0.717) is 5.56 Å². The van der Waals surface area contributed by atoms with Crippen LogP contribution in [0.5, 0.6) is 0 Å². The quantitative estimate of drug-likeness (QED) is 0.894. The highest BCUT2D eigenvalue weighted by molar-refractivity contribution is 6.31. The van der Waals surface area contributed by atoms with Crippen LogP contribution in [0.2, 0.25) is 5.02 Å². The molecule has 1 unspecified atom stereocenters. The normalized spacial score (nSPS) is 12.5. The molecule has 1 N–H and O–H groups in total. The highest BCUT2D eigenvalue weighted by atomic mass is 35.5. The molecule has 2 rings (SSSR count). The van der Waals surface area contributed by atoms with Gasteiger partial charge in [0.15, 0.2) is 0 Å². The lowest BCUT2D eigenvalue weighted by molar-refractivity contribution is 0.173. The number of benzene rings is 2. The lowest BCUT2D eigenvalue weighted by Gasteiger charge is -2.14. The summed E-state index contributed by atoms with van der Waals surface area (Å²) in [6, 6.07) is 5.75. The first-order valence-corrected chi connectivity index (χ1v) is 6.34. The summed E-state index contributed by atoms with van der Waals surface area (Å²) in [5.74, 6) is -1.98. The second-order valence-electron chi connectivity index (χ2n) is 4.58. The van der Waals surface area contributed by atoms with Crippen LogP contribution < -0.4 is 0 Å². The molecule has 1 atom stereocenters. The molecule has 106 valence electrons. The number of rotatable bonds is 3. The van der Waals surface area contributed by atoms with Gasteiger partial charge >= 0.3 is 0 Å². The predicted molar refractivity (Wildman–Crippen MR) is 71.2 cm³/mol. The Morgan fingerprint density at radius 1 is 1.10 bits per heavy atom. The molecule has 1 nitrogen and oxygen atoms in total. The van der Waals surface area contributed by atoms with Crippen molar-refractivity contribution in [1.29, 1.82) is 0 Å². The minimum Gasteiger partial charge on any atom is -0.388 e. The van der Waals surface area contributed by atoms with E-state index >= 15 is 0 Å². The maximum absolute atomic E-state index is 13.7. The third kappa shape index (κ3) is 3.14. The van der Waals surface area contributed by atoms with Gasteiger partial charge in [-0.2, -0.15) is 0 Å². The van der Waals surface area contributed by atoms with E-state index in [9.17, 15) is 18.3 Å². The van der Waals surface area contributed by atoms with Crippen LogP contribution >= 0.6 is 11.6 Å². The van der Waals surface area contributed by atoms with Crippen LogP contribution in [0.1, 0.15) is 22.8 Å². The van der Waals surface area contributed by atoms with Crippen LogP contribution in [0.25, 0.3) is 0 Å². The lowest BCUT2D eigenvalue weighted by atomic mass is 9.99. The molecule has 0 bridgehead atoms. The third-order valence-electron chi connectivity index (χ3n) is 3.07. The van der Waals surface area contributed by atoms with Gasteiger partial charge < -0.3 is 5.11 Å². The van der Waals surface area contributed by atoms with Gasteiger partial charge in [0.1, 0.15) is 17.5 Å². The number of halogens is 4. The van der Waals surface area contributed by atoms with Crippen molar-refractivity contribution in [2.45, 2.75) is 19.4 Å². The monoisotopic (exact) mass is 300 g/mol. The van der Waals surface area contributed by atoms with Gasteiger partial charge in [-0.3, -0.25) is 0 Å². The zero-order chi connectivity index (χ0) is 14.9. The van der Waals surface area contributed by atoms with E-state index in [4.69, 9.17) is 11.6 Å². The largest absolute Gasteiger partial charge is 0.388 e. The fourth-order valence-corrected chi connectivity index (χ4v) is 2.18. The molecule has 0 amide bonds. The van der Waals surface area contributed by atoms with Crippen LogP contribution in [0.4, 0.5) is 13.2 Å². The Kier molecular flexibility index (Phi) is 4.35. The van der Waals surface area contributed by atoms with Crippen molar-refractivity contribution in [1.82, 2.24) is 0 Å². The molecule has 0 aromatic heterocycles. The number of aliphatic hydroxyl groups is 1. The van der Waals surface area contributed by atoms with E-state index in [1.807, 2.05) is 0 Å². The standard InChI is InChI=1S/C15H12ClF3O/c1-8-4-11(14(19)7-13(8)18)15(20)5-9-2-3-10(17)6-12(9)16/h2-4,6-7,15,20H,5H2,1H3. The van der Waals surface area contributed by atoms with Crippen LogP contribution in [0.3, 0.4) is 0 Å². The minimum atomic E-state index is -1.18. The predicted octanol–water partition coefficient (Wildman–Crippen LogP) is 4.34. The number of aryl methyl sites for hydroxylation is 1. The summed E-state index contributed by atoms with van der Waals surface area (Å²) in [5.41, 5.74) is 0.719. The van der Waals surface area contributed by atoms with Gasteiger partial charge in [0.2, 0.25) is 0 Å².